The number of halogens is 1. The van der Waals surface area contributed by atoms with Crippen LogP contribution in [-0.4, -0.2) is 5.88 Å². The molecule has 0 saturated heterocycles. The smallest absolute Gasteiger partial charge is 0.0280 e. The molecule has 2 rings (SSSR count). The van der Waals surface area contributed by atoms with Gasteiger partial charge in [0, 0.05) is 5.88 Å². The second-order valence-electron chi connectivity index (χ2n) is 4.90. The second kappa shape index (κ2) is 3.21. The molecule has 0 N–H and O–H groups in total. The van der Waals surface area contributed by atoms with E-state index in [2.05, 4.69) is 6.92 Å². The largest absolute Gasteiger partial charge is 0.126 e. The third-order valence-electron chi connectivity index (χ3n) is 3.80. The van der Waals surface area contributed by atoms with Gasteiger partial charge in [0.2, 0.25) is 0 Å². The van der Waals surface area contributed by atoms with Crippen molar-refractivity contribution in [2.45, 2.75) is 45.4 Å². The Bertz CT molecular complexity index is 154. The minimum absolute atomic E-state index is 0.575. The molecular formula is C11H19Cl. The Morgan fingerprint density at radius 2 is 2.00 bits per heavy atom. The Morgan fingerprint density at radius 3 is 2.50 bits per heavy atom. The van der Waals surface area contributed by atoms with Crippen molar-refractivity contribution in [1.29, 1.82) is 0 Å². The Labute approximate surface area is 80.7 Å². The monoisotopic (exact) mass is 186 g/mol. The molecule has 2 aliphatic carbocycles. The second-order valence-corrected chi connectivity index (χ2v) is 5.17. The maximum Gasteiger partial charge on any atom is 0.0280 e. The van der Waals surface area contributed by atoms with Crippen LogP contribution in [0.15, 0.2) is 0 Å². The number of alkyl halides is 1. The average molecular weight is 187 g/mol. The molecule has 1 heteroatoms. The van der Waals surface area contributed by atoms with E-state index in [1.54, 1.807) is 0 Å². The molecule has 0 aromatic rings. The van der Waals surface area contributed by atoms with Gasteiger partial charge in [0.15, 0.2) is 0 Å². The molecule has 0 aromatic heterocycles. The third kappa shape index (κ3) is 1.51. The van der Waals surface area contributed by atoms with E-state index in [1.807, 2.05) is 0 Å². The molecule has 0 amide bonds. The van der Waals surface area contributed by atoms with E-state index in [-0.39, 0.29) is 0 Å². The van der Waals surface area contributed by atoms with E-state index in [0.29, 0.717) is 5.41 Å². The predicted octanol–water partition coefficient (Wildman–Crippen LogP) is 3.83. The van der Waals surface area contributed by atoms with Crippen LogP contribution in [0.25, 0.3) is 0 Å². The van der Waals surface area contributed by atoms with Crippen LogP contribution in [0.1, 0.15) is 45.4 Å². The van der Waals surface area contributed by atoms with Crippen molar-refractivity contribution in [3.8, 4) is 0 Å². The standard InChI is InChI=1S/C11H19Cl/c1-2-3-4-11(8-12)6-9-5-10(9)7-11/h9-10H,2-8H2,1H3. The molecule has 0 radical (unpaired) electrons. The van der Waals surface area contributed by atoms with Gasteiger partial charge in [-0.2, -0.15) is 0 Å². The summed E-state index contributed by atoms with van der Waals surface area (Å²) in [5.41, 5.74) is 0.575. The van der Waals surface area contributed by atoms with Gasteiger partial charge in [-0.1, -0.05) is 19.8 Å². The van der Waals surface area contributed by atoms with E-state index in [0.717, 1.165) is 17.7 Å². The number of hydrogen-bond acceptors (Lipinski definition) is 0. The molecule has 2 unspecified atom stereocenters. The fourth-order valence-corrected chi connectivity index (χ4v) is 3.29. The summed E-state index contributed by atoms with van der Waals surface area (Å²) >= 11 is 6.09. The molecule has 2 atom stereocenters. The Hall–Kier alpha value is 0.290. The molecule has 2 aliphatic rings. The van der Waals surface area contributed by atoms with Crippen LogP contribution in [0.4, 0.5) is 0 Å². The van der Waals surface area contributed by atoms with E-state index in [4.69, 9.17) is 11.6 Å². The van der Waals surface area contributed by atoms with Crippen molar-refractivity contribution < 1.29 is 0 Å². The minimum Gasteiger partial charge on any atom is -0.126 e. The lowest BCUT2D eigenvalue weighted by molar-refractivity contribution is 0.272. The molecule has 2 fully saturated rings. The van der Waals surface area contributed by atoms with Crippen molar-refractivity contribution in [2.75, 3.05) is 5.88 Å². The SMILES string of the molecule is CCCCC1(CCl)CC2CC2C1. The van der Waals surface area contributed by atoms with Gasteiger partial charge in [0.05, 0.1) is 0 Å². The summed E-state index contributed by atoms with van der Waals surface area (Å²) in [7, 11) is 0. The van der Waals surface area contributed by atoms with Gasteiger partial charge >= 0.3 is 0 Å². The highest BCUT2D eigenvalue weighted by Gasteiger charge is 2.52. The highest BCUT2D eigenvalue weighted by molar-refractivity contribution is 6.18. The fourth-order valence-electron chi connectivity index (χ4n) is 2.94. The van der Waals surface area contributed by atoms with Crippen LogP contribution in [-0.2, 0) is 0 Å². The Balaban J connectivity index is 1.87. The number of unbranched alkanes of at least 4 members (excludes halogenated alkanes) is 1. The molecule has 0 spiro atoms. The molecular weight excluding hydrogens is 168 g/mol. The van der Waals surface area contributed by atoms with E-state index >= 15 is 0 Å². The van der Waals surface area contributed by atoms with Crippen LogP contribution in [0.3, 0.4) is 0 Å². The molecule has 0 aliphatic heterocycles. The average Bonchev–Trinajstić information content (AvgIpc) is 2.72. The zero-order valence-corrected chi connectivity index (χ0v) is 8.74. The van der Waals surface area contributed by atoms with E-state index in [1.165, 1.54) is 38.5 Å². The summed E-state index contributed by atoms with van der Waals surface area (Å²) < 4.78 is 0. The van der Waals surface area contributed by atoms with Gasteiger partial charge in [-0.15, -0.1) is 11.6 Å². The van der Waals surface area contributed by atoms with Crippen LogP contribution in [0, 0.1) is 17.3 Å². The molecule has 70 valence electrons. The summed E-state index contributed by atoms with van der Waals surface area (Å²) in [4.78, 5) is 0. The summed E-state index contributed by atoms with van der Waals surface area (Å²) in [6.45, 7) is 2.28. The summed E-state index contributed by atoms with van der Waals surface area (Å²) in [5.74, 6) is 3.08. The van der Waals surface area contributed by atoms with Crippen molar-refractivity contribution >= 4 is 11.6 Å². The predicted molar refractivity (Wildman–Crippen MR) is 53.5 cm³/mol. The summed E-state index contributed by atoms with van der Waals surface area (Å²) in [6.07, 6.45) is 8.51. The lowest BCUT2D eigenvalue weighted by Gasteiger charge is -2.28. The molecule has 2 saturated carbocycles. The Kier molecular flexibility index (Phi) is 2.37. The first kappa shape index (κ1) is 8.87. The van der Waals surface area contributed by atoms with Crippen molar-refractivity contribution in [3.63, 3.8) is 0 Å². The first-order chi connectivity index (χ1) is 5.79. The third-order valence-corrected chi connectivity index (χ3v) is 4.37. The summed E-state index contributed by atoms with van der Waals surface area (Å²) in [5, 5.41) is 0. The van der Waals surface area contributed by atoms with Gasteiger partial charge < -0.3 is 0 Å². The van der Waals surface area contributed by atoms with Crippen LogP contribution in [0.2, 0.25) is 0 Å². The molecule has 0 nitrogen and oxygen atoms in total. The van der Waals surface area contributed by atoms with Gasteiger partial charge in [-0.3, -0.25) is 0 Å². The fraction of sp³-hybridized carbons (Fsp3) is 1.00. The molecule has 0 heterocycles. The molecule has 0 aromatic carbocycles. The van der Waals surface area contributed by atoms with E-state index in [9.17, 15) is 0 Å². The minimum atomic E-state index is 0.575. The first-order valence-electron chi connectivity index (χ1n) is 5.35. The van der Waals surface area contributed by atoms with Gasteiger partial charge in [0.1, 0.15) is 0 Å². The lowest BCUT2D eigenvalue weighted by atomic mass is 9.80. The highest BCUT2D eigenvalue weighted by Crippen LogP contribution is 2.61. The quantitative estimate of drug-likeness (QED) is 0.586. The van der Waals surface area contributed by atoms with Gasteiger partial charge in [0.25, 0.3) is 0 Å². The highest BCUT2D eigenvalue weighted by atomic mass is 35.5. The summed E-state index contributed by atoms with van der Waals surface area (Å²) in [6, 6.07) is 0. The van der Waals surface area contributed by atoms with Crippen LogP contribution < -0.4 is 0 Å². The normalized spacial score (nSPS) is 44.5. The number of rotatable bonds is 4. The van der Waals surface area contributed by atoms with Crippen molar-refractivity contribution in [1.82, 2.24) is 0 Å². The zero-order chi connectivity index (χ0) is 8.60. The maximum absolute atomic E-state index is 6.09. The molecule has 12 heavy (non-hydrogen) atoms. The van der Waals surface area contributed by atoms with Gasteiger partial charge in [-0.05, 0) is 42.9 Å². The van der Waals surface area contributed by atoms with Crippen LogP contribution in [0.5, 0.6) is 0 Å². The maximum atomic E-state index is 6.09. The van der Waals surface area contributed by atoms with Crippen LogP contribution >= 0.6 is 11.6 Å². The number of fused-ring (bicyclic) bond motifs is 1. The first-order valence-corrected chi connectivity index (χ1v) is 5.89. The number of hydrogen-bond donors (Lipinski definition) is 0. The lowest BCUT2D eigenvalue weighted by Crippen LogP contribution is -2.20. The van der Waals surface area contributed by atoms with E-state index < -0.39 is 0 Å². The Morgan fingerprint density at radius 1 is 1.33 bits per heavy atom. The molecule has 0 bridgehead atoms. The van der Waals surface area contributed by atoms with Crippen molar-refractivity contribution in [3.05, 3.63) is 0 Å². The van der Waals surface area contributed by atoms with Gasteiger partial charge in [-0.25, -0.2) is 0 Å². The van der Waals surface area contributed by atoms with Crippen molar-refractivity contribution in [2.24, 2.45) is 17.3 Å². The topological polar surface area (TPSA) is 0 Å². The zero-order valence-electron chi connectivity index (χ0n) is 7.98.